The lowest BCUT2D eigenvalue weighted by Gasteiger charge is -2.34. The van der Waals surface area contributed by atoms with Crippen molar-refractivity contribution in [2.45, 2.75) is 19.5 Å². The number of para-hydroxylation sites is 1. The SMILES string of the molecule is NCc1ccccc1OCCCN1CCN(Cc2ccccc2)CC1. The molecule has 134 valence electrons. The fraction of sp³-hybridized carbons (Fsp3) is 0.429. The Bertz CT molecular complexity index is 624. The van der Waals surface area contributed by atoms with E-state index in [1.54, 1.807) is 0 Å². The Morgan fingerprint density at radius 2 is 1.52 bits per heavy atom. The third-order valence-corrected chi connectivity index (χ3v) is 4.78. The maximum absolute atomic E-state index is 5.90. The van der Waals surface area contributed by atoms with Crippen LogP contribution in [0.25, 0.3) is 0 Å². The van der Waals surface area contributed by atoms with Crippen molar-refractivity contribution in [1.29, 1.82) is 0 Å². The second kappa shape index (κ2) is 9.56. The molecular formula is C21H29N3O. The van der Waals surface area contributed by atoms with Gasteiger partial charge < -0.3 is 15.4 Å². The van der Waals surface area contributed by atoms with Crippen molar-refractivity contribution < 1.29 is 4.74 Å². The lowest BCUT2D eigenvalue weighted by atomic mass is 10.2. The number of hydrogen-bond acceptors (Lipinski definition) is 4. The Balaban J connectivity index is 1.33. The second-order valence-electron chi connectivity index (χ2n) is 6.62. The Kier molecular flexibility index (Phi) is 6.86. The number of benzene rings is 2. The van der Waals surface area contributed by atoms with Crippen LogP contribution >= 0.6 is 0 Å². The van der Waals surface area contributed by atoms with Gasteiger partial charge in [-0.2, -0.15) is 0 Å². The summed E-state index contributed by atoms with van der Waals surface area (Å²) in [5.74, 6) is 0.928. The van der Waals surface area contributed by atoms with Crippen molar-refractivity contribution in [3.8, 4) is 5.75 Å². The van der Waals surface area contributed by atoms with E-state index in [4.69, 9.17) is 10.5 Å². The van der Waals surface area contributed by atoms with Crippen LogP contribution in [-0.4, -0.2) is 49.1 Å². The Morgan fingerprint density at radius 1 is 0.840 bits per heavy atom. The van der Waals surface area contributed by atoms with Crippen molar-refractivity contribution in [3.63, 3.8) is 0 Å². The van der Waals surface area contributed by atoms with Crippen LogP contribution in [0, 0.1) is 0 Å². The number of nitrogens with two attached hydrogens (primary N) is 1. The number of rotatable bonds is 8. The van der Waals surface area contributed by atoms with Crippen molar-refractivity contribution in [3.05, 3.63) is 65.7 Å². The highest BCUT2D eigenvalue weighted by Gasteiger charge is 2.16. The molecular weight excluding hydrogens is 310 g/mol. The number of nitrogens with zero attached hydrogens (tertiary/aromatic N) is 2. The third-order valence-electron chi connectivity index (χ3n) is 4.78. The smallest absolute Gasteiger partial charge is 0.123 e. The predicted molar refractivity (Wildman–Crippen MR) is 103 cm³/mol. The lowest BCUT2D eigenvalue weighted by molar-refractivity contribution is 0.121. The molecule has 4 heteroatoms. The maximum atomic E-state index is 5.90. The summed E-state index contributed by atoms with van der Waals surface area (Å²) in [4.78, 5) is 5.08. The zero-order chi connectivity index (χ0) is 17.3. The van der Waals surface area contributed by atoms with Gasteiger partial charge in [0.15, 0.2) is 0 Å². The molecule has 2 N–H and O–H groups in total. The third kappa shape index (κ3) is 5.56. The minimum absolute atomic E-state index is 0.527. The molecule has 1 saturated heterocycles. The minimum Gasteiger partial charge on any atom is -0.493 e. The topological polar surface area (TPSA) is 41.7 Å². The monoisotopic (exact) mass is 339 g/mol. The molecule has 0 unspecified atom stereocenters. The van der Waals surface area contributed by atoms with Crippen molar-refractivity contribution >= 4 is 0 Å². The highest BCUT2D eigenvalue weighted by atomic mass is 16.5. The Labute approximate surface area is 151 Å². The van der Waals surface area contributed by atoms with Gasteiger partial charge in [-0.1, -0.05) is 48.5 Å². The molecule has 0 aliphatic carbocycles. The highest BCUT2D eigenvalue weighted by Crippen LogP contribution is 2.17. The minimum atomic E-state index is 0.527. The predicted octanol–water partition coefficient (Wildman–Crippen LogP) is 2.73. The first-order valence-corrected chi connectivity index (χ1v) is 9.24. The summed E-state index contributed by atoms with van der Waals surface area (Å²) in [6.45, 7) is 8.02. The summed E-state index contributed by atoms with van der Waals surface area (Å²) in [6.07, 6.45) is 1.05. The lowest BCUT2D eigenvalue weighted by Crippen LogP contribution is -2.46. The van der Waals surface area contributed by atoms with E-state index in [1.165, 1.54) is 5.56 Å². The van der Waals surface area contributed by atoms with Crippen molar-refractivity contribution in [1.82, 2.24) is 9.80 Å². The molecule has 0 atom stereocenters. The van der Waals surface area contributed by atoms with Crippen molar-refractivity contribution in [2.24, 2.45) is 5.73 Å². The van der Waals surface area contributed by atoms with Gasteiger partial charge in [-0.3, -0.25) is 4.90 Å². The van der Waals surface area contributed by atoms with E-state index in [1.807, 2.05) is 24.3 Å². The molecule has 0 radical (unpaired) electrons. The fourth-order valence-electron chi connectivity index (χ4n) is 3.30. The van der Waals surface area contributed by atoms with Crippen LogP contribution in [0.5, 0.6) is 5.75 Å². The second-order valence-corrected chi connectivity index (χ2v) is 6.62. The van der Waals surface area contributed by atoms with E-state index in [0.717, 1.165) is 63.6 Å². The van der Waals surface area contributed by atoms with Gasteiger partial charge in [0.2, 0.25) is 0 Å². The van der Waals surface area contributed by atoms with Gasteiger partial charge in [-0.05, 0) is 18.1 Å². The van der Waals surface area contributed by atoms with Crippen LogP contribution in [0.3, 0.4) is 0 Å². The van der Waals surface area contributed by atoms with E-state index in [2.05, 4.69) is 40.1 Å². The molecule has 1 heterocycles. The van der Waals surface area contributed by atoms with Gasteiger partial charge in [0.25, 0.3) is 0 Å². The zero-order valence-corrected chi connectivity index (χ0v) is 14.9. The quantitative estimate of drug-likeness (QED) is 0.751. The van der Waals surface area contributed by atoms with Crippen LogP contribution in [0.1, 0.15) is 17.5 Å². The summed E-state index contributed by atoms with van der Waals surface area (Å²) >= 11 is 0. The van der Waals surface area contributed by atoms with Gasteiger partial charge in [-0.25, -0.2) is 0 Å². The van der Waals surface area contributed by atoms with E-state index >= 15 is 0 Å². The Morgan fingerprint density at radius 3 is 2.28 bits per heavy atom. The van der Waals surface area contributed by atoms with Crippen LogP contribution in [0.15, 0.2) is 54.6 Å². The van der Waals surface area contributed by atoms with E-state index in [0.29, 0.717) is 6.54 Å². The molecule has 2 aromatic carbocycles. The standard InChI is InChI=1S/C21H29N3O/c22-17-20-9-4-5-10-21(20)25-16-6-11-23-12-14-24(15-13-23)18-19-7-2-1-3-8-19/h1-5,7-10H,6,11-18,22H2. The van der Waals surface area contributed by atoms with Crippen LogP contribution < -0.4 is 10.5 Å². The molecule has 1 fully saturated rings. The van der Waals surface area contributed by atoms with Crippen LogP contribution in [-0.2, 0) is 13.1 Å². The molecule has 3 rings (SSSR count). The molecule has 1 aliphatic rings. The molecule has 2 aromatic rings. The fourth-order valence-corrected chi connectivity index (χ4v) is 3.30. The largest absolute Gasteiger partial charge is 0.493 e. The molecule has 0 bridgehead atoms. The number of hydrogen-bond donors (Lipinski definition) is 1. The Hall–Kier alpha value is -1.88. The van der Waals surface area contributed by atoms with Gasteiger partial charge in [-0.15, -0.1) is 0 Å². The first kappa shape index (κ1) is 17.9. The van der Waals surface area contributed by atoms with Gasteiger partial charge in [0.05, 0.1) is 6.61 Å². The van der Waals surface area contributed by atoms with E-state index < -0.39 is 0 Å². The van der Waals surface area contributed by atoms with Crippen LogP contribution in [0.2, 0.25) is 0 Å². The highest BCUT2D eigenvalue weighted by molar-refractivity contribution is 5.32. The van der Waals surface area contributed by atoms with E-state index in [-0.39, 0.29) is 0 Å². The maximum Gasteiger partial charge on any atom is 0.123 e. The molecule has 0 aromatic heterocycles. The molecule has 25 heavy (non-hydrogen) atoms. The van der Waals surface area contributed by atoms with Crippen LogP contribution in [0.4, 0.5) is 0 Å². The number of ether oxygens (including phenoxy) is 1. The van der Waals surface area contributed by atoms with E-state index in [9.17, 15) is 0 Å². The summed E-state index contributed by atoms with van der Waals surface area (Å²) in [6, 6.07) is 18.8. The first-order valence-electron chi connectivity index (χ1n) is 9.24. The molecule has 0 spiro atoms. The summed E-state index contributed by atoms with van der Waals surface area (Å²) in [7, 11) is 0. The molecule has 4 nitrogen and oxygen atoms in total. The molecule has 1 aliphatic heterocycles. The molecule has 0 amide bonds. The number of piperazine rings is 1. The normalized spacial score (nSPS) is 16.0. The van der Waals surface area contributed by atoms with Crippen molar-refractivity contribution in [2.75, 3.05) is 39.3 Å². The van der Waals surface area contributed by atoms with Gasteiger partial charge >= 0.3 is 0 Å². The molecule has 0 saturated carbocycles. The van der Waals surface area contributed by atoms with Gasteiger partial charge in [0.1, 0.15) is 5.75 Å². The zero-order valence-electron chi connectivity index (χ0n) is 14.9. The summed E-state index contributed by atoms with van der Waals surface area (Å²) in [5.41, 5.74) is 8.23. The van der Waals surface area contributed by atoms with Gasteiger partial charge in [0, 0.05) is 51.4 Å². The average Bonchev–Trinajstić information content (AvgIpc) is 2.67. The first-order chi connectivity index (χ1) is 12.3. The average molecular weight is 339 g/mol. The summed E-state index contributed by atoms with van der Waals surface area (Å²) < 4.78 is 5.90. The summed E-state index contributed by atoms with van der Waals surface area (Å²) in [5, 5.41) is 0.